The molecule has 3 nitrogen and oxygen atoms in total. The first kappa shape index (κ1) is 24.7. The molecule has 1 aliphatic carbocycles. The number of ether oxygens (including phenoxy) is 3. The Hall–Kier alpha value is -1.58. The van der Waals surface area contributed by atoms with E-state index in [0.29, 0.717) is 23.7 Å². The van der Waals surface area contributed by atoms with Gasteiger partial charge in [-0.15, -0.1) is 6.58 Å². The van der Waals surface area contributed by atoms with Gasteiger partial charge in [0.2, 0.25) is 0 Å². The van der Waals surface area contributed by atoms with Crippen molar-refractivity contribution in [3.8, 4) is 5.75 Å². The SMILES string of the molecule is C=C[C@H]1C[C@@H](/C=C\Cc2ccc(OC)cc2)[C@@H](COCCCC)[C@H]1COCCCC. The Morgan fingerprint density at radius 2 is 1.53 bits per heavy atom. The smallest absolute Gasteiger partial charge is 0.118 e. The van der Waals surface area contributed by atoms with Crippen LogP contribution in [-0.4, -0.2) is 33.5 Å². The van der Waals surface area contributed by atoms with Crippen molar-refractivity contribution < 1.29 is 14.2 Å². The Kier molecular flexibility index (Phi) is 11.9. The van der Waals surface area contributed by atoms with E-state index in [4.69, 9.17) is 14.2 Å². The van der Waals surface area contributed by atoms with E-state index in [-0.39, 0.29) is 0 Å². The molecule has 0 heterocycles. The van der Waals surface area contributed by atoms with E-state index < -0.39 is 0 Å². The molecule has 0 aromatic heterocycles. The number of rotatable bonds is 15. The maximum atomic E-state index is 6.09. The van der Waals surface area contributed by atoms with Gasteiger partial charge in [0.1, 0.15) is 5.75 Å². The van der Waals surface area contributed by atoms with Gasteiger partial charge in [-0.2, -0.15) is 0 Å². The lowest BCUT2D eigenvalue weighted by Gasteiger charge is -2.25. The quantitative estimate of drug-likeness (QED) is 0.243. The highest BCUT2D eigenvalue weighted by atomic mass is 16.5. The Morgan fingerprint density at radius 1 is 0.933 bits per heavy atom. The summed E-state index contributed by atoms with van der Waals surface area (Å²) in [6.45, 7) is 11.9. The largest absolute Gasteiger partial charge is 0.497 e. The van der Waals surface area contributed by atoms with Crippen LogP contribution in [0, 0.1) is 23.7 Å². The first-order valence-electron chi connectivity index (χ1n) is 11.8. The van der Waals surface area contributed by atoms with E-state index in [1.165, 1.54) is 18.4 Å². The van der Waals surface area contributed by atoms with E-state index >= 15 is 0 Å². The molecule has 30 heavy (non-hydrogen) atoms. The summed E-state index contributed by atoms with van der Waals surface area (Å²) in [7, 11) is 1.70. The Labute approximate surface area is 184 Å². The first-order valence-corrected chi connectivity index (χ1v) is 11.8. The number of allylic oxidation sites excluding steroid dienone is 3. The molecule has 0 spiro atoms. The fraction of sp³-hybridized carbons (Fsp3) is 0.630. The van der Waals surface area contributed by atoms with Crippen molar-refractivity contribution in [2.24, 2.45) is 23.7 Å². The van der Waals surface area contributed by atoms with Gasteiger partial charge >= 0.3 is 0 Å². The summed E-state index contributed by atoms with van der Waals surface area (Å²) in [4.78, 5) is 0. The highest BCUT2D eigenvalue weighted by molar-refractivity contribution is 5.28. The zero-order valence-corrected chi connectivity index (χ0v) is 19.4. The standard InChI is InChI=1S/C27H42O3/c1-5-8-17-29-20-26-23(7-3)19-24(27(26)21-30-18-9-6-2)12-10-11-22-13-15-25(28-4)16-14-22/h7,10,12-16,23-24,26-27H,3,5-6,8-9,11,17-21H2,1-2,4H3/b12-10-/t23-,24+,26-,27+/m0/s1. The lowest BCUT2D eigenvalue weighted by Crippen LogP contribution is -2.26. The monoisotopic (exact) mass is 414 g/mol. The predicted octanol–water partition coefficient (Wildman–Crippen LogP) is 6.48. The predicted molar refractivity (Wildman–Crippen MR) is 126 cm³/mol. The molecule has 1 aliphatic rings. The van der Waals surface area contributed by atoms with Crippen molar-refractivity contribution in [3.63, 3.8) is 0 Å². The Bertz CT molecular complexity index is 607. The summed E-state index contributed by atoms with van der Waals surface area (Å²) in [5.74, 6) is 2.92. The van der Waals surface area contributed by atoms with Crippen LogP contribution in [-0.2, 0) is 15.9 Å². The summed E-state index contributed by atoms with van der Waals surface area (Å²) in [5.41, 5.74) is 1.31. The van der Waals surface area contributed by atoms with E-state index in [1.54, 1.807) is 7.11 Å². The normalized spacial score (nSPS) is 23.8. The van der Waals surface area contributed by atoms with Crippen molar-refractivity contribution in [2.75, 3.05) is 33.5 Å². The lowest BCUT2D eigenvalue weighted by atomic mass is 9.87. The summed E-state index contributed by atoms with van der Waals surface area (Å²) in [5, 5.41) is 0. The fourth-order valence-corrected chi connectivity index (χ4v) is 4.36. The maximum absolute atomic E-state index is 6.09. The van der Waals surface area contributed by atoms with Crippen LogP contribution in [0.5, 0.6) is 5.75 Å². The van der Waals surface area contributed by atoms with E-state index in [1.807, 2.05) is 12.1 Å². The zero-order chi connectivity index (χ0) is 21.6. The number of hydrogen-bond acceptors (Lipinski definition) is 3. The van der Waals surface area contributed by atoms with Crippen LogP contribution >= 0.6 is 0 Å². The zero-order valence-electron chi connectivity index (χ0n) is 19.4. The van der Waals surface area contributed by atoms with Crippen LogP contribution in [0.1, 0.15) is 51.5 Å². The second kappa shape index (κ2) is 14.4. The van der Waals surface area contributed by atoms with Gasteiger partial charge in [0.15, 0.2) is 0 Å². The number of unbranched alkanes of at least 4 members (excludes halogenated alkanes) is 2. The minimum atomic E-state index is 0.497. The molecule has 4 atom stereocenters. The summed E-state index contributed by atoms with van der Waals surface area (Å²) in [6.07, 6.45) is 13.6. The molecular weight excluding hydrogens is 372 g/mol. The van der Waals surface area contributed by atoms with Gasteiger partial charge in [0.25, 0.3) is 0 Å². The second-order valence-electron chi connectivity index (χ2n) is 8.46. The molecule has 0 saturated heterocycles. The van der Waals surface area contributed by atoms with Crippen LogP contribution < -0.4 is 4.74 Å². The van der Waals surface area contributed by atoms with Crippen LogP contribution in [0.15, 0.2) is 49.1 Å². The fourth-order valence-electron chi connectivity index (χ4n) is 4.36. The molecule has 0 N–H and O–H groups in total. The third-order valence-electron chi connectivity index (χ3n) is 6.30. The molecule has 1 aromatic carbocycles. The molecule has 3 heteroatoms. The first-order chi connectivity index (χ1) is 14.7. The van der Waals surface area contributed by atoms with Crippen molar-refractivity contribution >= 4 is 0 Å². The molecule has 0 aliphatic heterocycles. The highest BCUT2D eigenvalue weighted by Gasteiger charge is 2.40. The van der Waals surface area contributed by atoms with Crippen molar-refractivity contribution in [1.29, 1.82) is 0 Å². The lowest BCUT2D eigenvalue weighted by molar-refractivity contribution is 0.0293. The van der Waals surface area contributed by atoms with Crippen LogP contribution in [0.4, 0.5) is 0 Å². The van der Waals surface area contributed by atoms with Gasteiger partial charge in [-0.3, -0.25) is 0 Å². The molecule has 0 unspecified atom stereocenters. The molecule has 1 fully saturated rings. The molecule has 0 amide bonds. The third kappa shape index (κ3) is 7.92. The molecule has 168 valence electrons. The molecule has 1 saturated carbocycles. The van der Waals surface area contributed by atoms with Gasteiger partial charge in [0, 0.05) is 13.2 Å². The van der Waals surface area contributed by atoms with E-state index in [9.17, 15) is 0 Å². The minimum Gasteiger partial charge on any atom is -0.497 e. The third-order valence-corrected chi connectivity index (χ3v) is 6.30. The highest BCUT2D eigenvalue weighted by Crippen LogP contribution is 2.43. The van der Waals surface area contributed by atoms with Crippen LogP contribution in [0.2, 0.25) is 0 Å². The van der Waals surface area contributed by atoms with Crippen molar-refractivity contribution in [2.45, 2.75) is 52.4 Å². The van der Waals surface area contributed by atoms with Gasteiger partial charge in [-0.1, -0.05) is 57.0 Å². The molecule has 0 radical (unpaired) electrons. The summed E-state index contributed by atoms with van der Waals surface area (Å²) >= 11 is 0. The Morgan fingerprint density at radius 3 is 2.07 bits per heavy atom. The topological polar surface area (TPSA) is 27.7 Å². The minimum absolute atomic E-state index is 0.497. The van der Waals surface area contributed by atoms with E-state index in [0.717, 1.165) is 57.9 Å². The van der Waals surface area contributed by atoms with Gasteiger partial charge in [-0.25, -0.2) is 0 Å². The van der Waals surface area contributed by atoms with Crippen molar-refractivity contribution in [3.05, 3.63) is 54.6 Å². The molecule has 0 bridgehead atoms. The average molecular weight is 415 g/mol. The van der Waals surface area contributed by atoms with E-state index in [2.05, 4.69) is 50.8 Å². The number of hydrogen-bond donors (Lipinski definition) is 0. The summed E-state index contributed by atoms with van der Waals surface area (Å²) < 4.78 is 17.4. The number of methoxy groups -OCH3 is 1. The van der Waals surface area contributed by atoms with Gasteiger partial charge < -0.3 is 14.2 Å². The van der Waals surface area contributed by atoms with Gasteiger partial charge in [-0.05, 0) is 67.1 Å². The molecular formula is C27H42O3. The van der Waals surface area contributed by atoms with Gasteiger partial charge in [0.05, 0.1) is 20.3 Å². The van der Waals surface area contributed by atoms with Crippen LogP contribution in [0.3, 0.4) is 0 Å². The van der Waals surface area contributed by atoms with Crippen LogP contribution in [0.25, 0.3) is 0 Å². The second-order valence-corrected chi connectivity index (χ2v) is 8.46. The molecule has 2 rings (SSSR count). The summed E-state index contributed by atoms with van der Waals surface area (Å²) in [6, 6.07) is 8.33. The number of benzene rings is 1. The molecule has 1 aromatic rings. The maximum Gasteiger partial charge on any atom is 0.118 e. The Balaban J connectivity index is 2.00. The van der Waals surface area contributed by atoms with Crippen molar-refractivity contribution in [1.82, 2.24) is 0 Å². The average Bonchev–Trinajstić information content (AvgIpc) is 3.11.